The van der Waals surface area contributed by atoms with Gasteiger partial charge in [0.25, 0.3) is 11.8 Å². The number of fused-ring (bicyclic) bond motifs is 2. The fourth-order valence-electron chi connectivity index (χ4n) is 5.36. The predicted octanol–water partition coefficient (Wildman–Crippen LogP) is 3.26. The third-order valence-electron chi connectivity index (χ3n) is 7.80. The van der Waals surface area contributed by atoms with Crippen LogP contribution >= 0.6 is 11.8 Å². The van der Waals surface area contributed by atoms with Gasteiger partial charge < -0.3 is 25.6 Å². The molecule has 13 heteroatoms. The van der Waals surface area contributed by atoms with E-state index in [2.05, 4.69) is 16.0 Å². The minimum Gasteiger partial charge on any atom is -0.482 e. The molecule has 3 heterocycles. The Kier molecular flexibility index (Phi) is 10.4. The molecule has 0 aliphatic carbocycles. The molecule has 3 aromatic rings. The molecule has 238 valence electrons. The van der Waals surface area contributed by atoms with Gasteiger partial charge in [0, 0.05) is 30.6 Å². The first kappa shape index (κ1) is 32.0. The lowest BCUT2D eigenvalue weighted by Crippen LogP contribution is -2.49. The van der Waals surface area contributed by atoms with Gasteiger partial charge in [0.2, 0.25) is 11.8 Å². The van der Waals surface area contributed by atoms with Crippen molar-refractivity contribution in [2.45, 2.75) is 51.7 Å². The summed E-state index contributed by atoms with van der Waals surface area (Å²) in [7, 11) is 0. The van der Waals surface area contributed by atoms with Crippen molar-refractivity contribution in [3.8, 4) is 17.1 Å². The second-order valence-electron chi connectivity index (χ2n) is 11.5. The first-order valence-corrected chi connectivity index (χ1v) is 16.6. The predicted molar refractivity (Wildman–Crippen MR) is 172 cm³/mol. The summed E-state index contributed by atoms with van der Waals surface area (Å²) in [6, 6.07) is 13.4. The molecule has 0 unspecified atom stereocenters. The van der Waals surface area contributed by atoms with E-state index in [-0.39, 0.29) is 49.1 Å². The number of thioether (sulfide) groups is 1. The van der Waals surface area contributed by atoms with Crippen LogP contribution in [0.3, 0.4) is 0 Å². The Balaban J connectivity index is 1.50. The Morgan fingerprint density at radius 2 is 1.84 bits per heavy atom. The zero-order chi connectivity index (χ0) is 31.9. The van der Waals surface area contributed by atoms with Crippen LogP contribution in [0.5, 0.6) is 5.75 Å². The van der Waals surface area contributed by atoms with Gasteiger partial charge in [-0.15, -0.1) is 0 Å². The van der Waals surface area contributed by atoms with Gasteiger partial charge in [0.15, 0.2) is 18.3 Å². The van der Waals surface area contributed by atoms with Gasteiger partial charge in [-0.25, -0.2) is 9.67 Å². The Hall–Kier alpha value is -4.39. The van der Waals surface area contributed by atoms with E-state index in [0.717, 1.165) is 5.56 Å². The van der Waals surface area contributed by atoms with E-state index in [1.54, 1.807) is 39.5 Å². The summed E-state index contributed by atoms with van der Waals surface area (Å²) in [5.74, 6) is 1.21. The molecule has 0 radical (unpaired) electrons. The normalized spacial score (nSPS) is 19.4. The molecule has 12 nitrogen and oxygen atoms in total. The van der Waals surface area contributed by atoms with Crippen LogP contribution in [-0.4, -0.2) is 81.0 Å². The Labute approximate surface area is 266 Å². The number of anilines is 1. The standard InChI is InChI=1S/C32H39N7O5S/c1-20(2)28-30-36-29(21-8-5-4-6-9-21)37-39(30)16-15-38(14-7-10-26(40)34-24(13-17-45-3)31(42)35-28)32(43)22-11-12-23-25(18-22)44-19-27(41)33-23/h4-6,8-9,11-12,18,20,24,28H,7,10,13-17,19H2,1-3H3,(H,33,41)(H,34,40)(H,35,42)/t24-,28+/m0/s1. The number of hydrogen-bond acceptors (Lipinski definition) is 8. The number of amides is 4. The van der Waals surface area contributed by atoms with E-state index in [0.29, 0.717) is 60.3 Å². The fourth-order valence-corrected chi connectivity index (χ4v) is 5.83. The highest BCUT2D eigenvalue weighted by Gasteiger charge is 2.30. The number of aromatic nitrogens is 3. The Bertz CT molecular complexity index is 1540. The number of rotatable bonds is 6. The molecule has 5 rings (SSSR count). The van der Waals surface area contributed by atoms with E-state index in [9.17, 15) is 19.2 Å². The van der Waals surface area contributed by atoms with Crippen molar-refractivity contribution in [2.75, 3.05) is 37.0 Å². The number of carbonyl (C=O) groups excluding carboxylic acids is 4. The smallest absolute Gasteiger partial charge is 0.262 e. The van der Waals surface area contributed by atoms with Crippen molar-refractivity contribution in [2.24, 2.45) is 5.92 Å². The molecule has 2 aromatic carbocycles. The van der Waals surface area contributed by atoms with Gasteiger partial charge in [-0.1, -0.05) is 44.2 Å². The monoisotopic (exact) mass is 633 g/mol. The number of nitrogens with one attached hydrogen (secondary N) is 3. The molecule has 4 amide bonds. The SMILES string of the molecule is CSCC[C@@H]1NC(=O)CCCN(C(=O)c2ccc3c(c2)OCC(=O)N3)CCn2nc(-c3ccccc3)nc2[C@@H](C(C)C)NC1=O. The summed E-state index contributed by atoms with van der Waals surface area (Å²) < 4.78 is 7.32. The lowest BCUT2D eigenvalue weighted by Gasteiger charge is -2.28. The summed E-state index contributed by atoms with van der Waals surface area (Å²) in [6.45, 7) is 4.80. The molecule has 45 heavy (non-hydrogen) atoms. The highest BCUT2D eigenvalue weighted by molar-refractivity contribution is 7.98. The van der Waals surface area contributed by atoms with Crippen molar-refractivity contribution in [1.29, 1.82) is 0 Å². The summed E-state index contributed by atoms with van der Waals surface area (Å²) in [5, 5.41) is 13.7. The Morgan fingerprint density at radius 1 is 1.04 bits per heavy atom. The summed E-state index contributed by atoms with van der Waals surface area (Å²) in [5.41, 5.74) is 1.76. The van der Waals surface area contributed by atoms with E-state index in [1.165, 1.54) is 0 Å². The van der Waals surface area contributed by atoms with Crippen LogP contribution in [0.25, 0.3) is 11.4 Å². The Morgan fingerprint density at radius 3 is 2.60 bits per heavy atom. The molecule has 0 fully saturated rings. The van der Waals surface area contributed by atoms with Gasteiger partial charge in [0.1, 0.15) is 11.8 Å². The zero-order valence-electron chi connectivity index (χ0n) is 25.7. The largest absolute Gasteiger partial charge is 0.482 e. The zero-order valence-corrected chi connectivity index (χ0v) is 26.6. The summed E-state index contributed by atoms with van der Waals surface area (Å²) in [4.78, 5) is 58.8. The molecule has 1 aromatic heterocycles. The number of carbonyl (C=O) groups is 4. The molecule has 3 N–H and O–H groups in total. The minimum absolute atomic E-state index is 0.0425. The molecule has 0 saturated heterocycles. The van der Waals surface area contributed by atoms with Crippen molar-refractivity contribution >= 4 is 41.1 Å². The van der Waals surface area contributed by atoms with Gasteiger partial charge in [0.05, 0.1) is 18.3 Å². The second kappa shape index (κ2) is 14.6. The van der Waals surface area contributed by atoms with Gasteiger partial charge in [-0.05, 0) is 49.0 Å². The van der Waals surface area contributed by atoms with Crippen molar-refractivity contribution in [3.63, 3.8) is 0 Å². The summed E-state index contributed by atoms with van der Waals surface area (Å²) in [6.07, 6.45) is 3.01. The van der Waals surface area contributed by atoms with Crippen LogP contribution in [0.15, 0.2) is 48.5 Å². The maximum Gasteiger partial charge on any atom is 0.262 e. The van der Waals surface area contributed by atoms with Crippen LogP contribution in [0.4, 0.5) is 5.69 Å². The third kappa shape index (κ3) is 7.83. The van der Waals surface area contributed by atoms with Gasteiger partial charge in [-0.3, -0.25) is 19.2 Å². The average Bonchev–Trinajstić information content (AvgIpc) is 3.46. The van der Waals surface area contributed by atoms with Crippen LogP contribution < -0.4 is 20.7 Å². The first-order valence-electron chi connectivity index (χ1n) is 15.2. The van der Waals surface area contributed by atoms with Crippen LogP contribution in [0.2, 0.25) is 0 Å². The van der Waals surface area contributed by atoms with E-state index >= 15 is 0 Å². The van der Waals surface area contributed by atoms with E-state index in [4.69, 9.17) is 14.8 Å². The second-order valence-corrected chi connectivity index (χ2v) is 12.4. The van der Waals surface area contributed by atoms with Crippen LogP contribution in [0, 0.1) is 5.92 Å². The molecule has 0 bridgehead atoms. The molecule has 0 saturated carbocycles. The van der Waals surface area contributed by atoms with Gasteiger partial charge in [-0.2, -0.15) is 16.9 Å². The highest BCUT2D eigenvalue weighted by Crippen LogP contribution is 2.29. The molecular formula is C32H39N7O5S. The molecule has 2 aliphatic rings. The highest BCUT2D eigenvalue weighted by atomic mass is 32.2. The van der Waals surface area contributed by atoms with E-state index < -0.39 is 12.1 Å². The molecule has 2 atom stereocenters. The lowest BCUT2D eigenvalue weighted by molar-refractivity contribution is -0.129. The molecule has 2 aliphatic heterocycles. The quantitative estimate of drug-likeness (QED) is 0.375. The van der Waals surface area contributed by atoms with Crippen molar-refractivity contribution in [3.05, 3.63) is 59.9 Å². The molecular weight excluding hydrogens is 594 g/mol. The topological polar surface area (TPSA) is 148 Å². The number of hydrogen-bond donors (Lipinski definition) is 3. The number of nitrogens with zero attached hydrogens (tertiary/aromatic N) is 4. The molecule has 0 spiro atoms. The van der Waals surface area contributed by atoms with Crippen LogP contribution in [-0.2, 0) is 20.9 Å². The lowest BCUT2D eigenvalue weighted by atomic mass is 10.0. The van der Waals surface area contributed by atoms with Crippen molar-refractivity contribution < 1.29 is 23.9 Å². The van der Waals surface area contributed by atoms with Crippen molar-refractivity contribution in [1.82, 2.24) is 30.3 Å². The first-order chi connectivity index (χ1) is 21.7. The third-order valence-corrected chi connectivity index (χ3v) is 8.44. The minimum atomic E-state index is -0.701. The maximum atomic E-state index is 13.9. The van der Waals surface area contributed by atoms with E-state index in [1.807, 2.05) is 50.4 Å². The number of benzene rings is 2. The fraction of sp³-hybridized carbons (Fsp3) is 0.438. The van der Waals surface area contributed by atoms with Gasteiger partial charge >= 0.3 is 0 Å². The summed E-state index contributed by atoms with van der Waals surface area (Å²) >= 11 is 1.61. The van der Waals surface area contributed by atoms with Crippen LogP contribution in [0.1, 0.15) is 55.3 Å². The number of ether oxygens (including phenoxy) is 1. The maximum absolute atomic E-state index is 13.9. The average molecular weight is 634 g/mol.